The molecule has 4 rings (SSSR count). The van der Waals surface area contributed by atoms with Crippen molar-refractivity contribution in [3.05, 3.63) is 96.1 Å². The predicted molar refractivity (Wildman–Crippen MR) is 255 cm³/mol. The van der Waals surface area contributed by atoms with Crippen molar-refractivity contribution < 1.29 is 71.1 Å². The first kappa shape index (κ1) is 59.4. The monoisotopic (exact) mass is 955 g/mol. The molecule has 2 aliphatic carbocycles. The molecule has 0 spiro atoms. The number of carboxylic acid groups (broad SMARTS) is 3. The first-order chi connectivity index (χ1) is 32.5. The zero-order chi connectivity index (χ0) is 50.3. The Labute approximate surface area is 402 Å². The summed E-state index contributed by atoms with van der Waals surface area (Å²) in [5.74, 6) is -2.86. The highest BCUT2D eigenvalue weighted by atomic mass is 16.4. The summed E-state index contributed by atoms with van der Waals surface area (Å²) in [5, 5.41) is 91.1. The summed E-state index contributed by atoms with van der Waals surface area (Å²) >= 11 is 0. The zero-order valence-corrected chi connectivity index (χ0v) is 39.8. The van der Waals surface area contributed by atoms with Crippen molar-refractivity contribution >= 4 is 23.9 Å². The minimum absolute atomic E-state index is 0.00736. The Hall–Kier alpha value is -4.68. The van der Waals surface area contributed by atoms with Gasteiger partial charge in [-0.1, -0.05) is 85.0 Å². The van der Waals surface area contributed by atoms with Crippen molar-refractivity contribution in [2.24, 2.45) is 35.1 Å². The van der Waals surface area contributed by atoms with Crippen LogP contribution in [-0.4, -0.2) is 109 Å². The standard InChI is InChI=1S/2C23H34O5.C6H14N4O2/c2*24-18(13-12-17-8-4-3-5-9-17)14-15-20-19(21(25)16-22(20)26)10-6-1-2-7-11-23(27)28;7-4(5(11)12)2-1-3-10-6(8)9/h2*1,3-6,8-9,18-22,24-26H,2,7,10-16H2,(H,27,28);4H,1-3,7H2,(H,11,12)(H4,8,9,10)/b2*6-1-;/t2*18-,19+,20+,21-,22+;4-/m000/s1. The summed E-state index contributed by atoms with van der Waals surface area (Å²) in [4.78, 5) is 33.8. The number of quaternary nitrogens is 1. The maximum absolute atomic E-state index is 10.5. The second-order valence-corrected chi connectivity index (χ2v) is 18.4. The van der Waals surface area contributed by atoms with E-state index in [0.29, 0.717) is 109 Å². The summed E-state index contributed by atoms with van der Waals surface area (Å²) in [6.45, 7) is 0.557. The lowest BCUT2D eigenvalue weighted by molar-refractivity contribution is -0.466. The van der Waals surface area contributed by atoms with Gasteiger partial charge in [-0.15, -0.1) is 0 Å². The molecule has 382 valence electrons. The fourth-order valence-corrected chi connectivity index (χ4v) is 9.00. The molecule has 2 fully saturated rings. The number of rotatable bonds is 29. The van der Waals surface area contributed by atoms with Crippen molar-refractivity contribution in [3.63, 3.8) is 0 Å². The number of benzene rings is 2. The van der Waals surface area contributed by atoms with E-state index in [4.69, 9.17) is 16.6 Å². The maximum atomic E-state index is 10.5. The highest BCUT2D eigenvalue weighted by molar-refractivity contribution is 5.69. The molecule has 0 bridgehead atoms. The first-order valence-corrected chi connectivity index (χ1v) is 24.5. The Bertz CT molecular complexity index is 1660. The predicted octanol–water partition coefficient (Wildman–Crippen LogP) is -0.215. The van der Waals surface area contributed by atoms with Crippen LogP contribution in [0.1, 0.15) is 127 Å². The third-order valence-corrected chi connectivity index (χ3v) is 13.0. The Kier molecular flexibility index (Phi) is 30.2. The smallest absolute Gasteiger partial charge is 0.338 e. The molecule has 2 aliphatic rings. The Morgan fingerprint density at radius 1 is 0.632 bits per heavy atom. The largest absolute Gasteiger partial charge is 0.550 e. The summed E-state index contributed by atoms with van der Waals surface area (Å²) in [6, 6.07) is 19.5. The molecule has 16 heteroatoms. The number of aliphatic carboxylic acids is 3. The van der Waals surface area contributed by atoms with Crippen molar-refractivity contribution in [3.8, 4) is 0 Å². The van der Waals surface area contributed by atoms with Crippen molar-refractivity contribution in [1.29, 1.82) is 0 Å². The van der Waals surface area contributed by atoms with Crippen molar-refractivity contribution in [2.75, 3.05) is 6.54 Å². The van der Waals surface area contributed by atoms with E-state index in [-0.39, 0.29) is 42.5 Å². The van der Waals surface area contributed by atoms with Crippen LogP contribution in [0.15, 0.2) is 85.0 Å². The molecule has 11 atom stereocenters. The number of allylic oxidation sites excluding steroid dienone is 4. The molecule has 0 aliphatic heterocycles. The normalized spacial score (nSPS) is 23.5. The lowest BCUT2D eigenvalue weighted by Gasteiger charge is -2.23. The Balaban J connectivity index is 0.000000379. The van der Waals surface area contributed by atoms with Gasteiger partial charge >= 0.3 is 11.9 Å². The van der Waals surface area contributed by atoms with E-state index >= 15 is 0 Å². The SMILES string of the molecule is NC(N)=[NH+]CCC[C@H]([NH3+])C(=O)[O-].O=C(O)CCC/C=C\C[C@@H]1[C@@H](CC[C@@H](O)CCc2ccccc2)[C@H](O)C[C@@H]1O.O=C([O-])CCC/C=C\C[C@@H]1[C@@H](CC[C@@H](O)CCc2ccccc2)[C@H](O)C[C@@H]1O. The number of guanidine groups is 1. The molecule has 0 heterocycles. The maximum Gasteiger partial charge on any atom is 0.338 e. The molecular weight excluding hydrogens is 873 g/mol. The van der Waals surface area contributed by atoms with E-state index in [1.165, 1.54) is 11.1 Å². The van der Waals surface area contributed by atoms with Gasteiger partial charge in [-0.3, -0.25) is 21.3 Å². The van der Waals surface area contributed by atoms with Gasteiger partial charge in [-0.25, -0.2) is 0 Å². The van der Waals surface area contributed by atoms with Crippen LogP contribution >= 0.6 is 0 Å². The average molecular weight is 955 g/mol. The Morgan fingerprint density at radius 3 is 1.46 bits per heavy atom. The number of nitrogens with one attached hydrogen (secondary N) is 1. The fraction of sp³-hybridized carbons (Fsp3) is 0.615. The van der Waals surface area contributed by atoms with Gasteiger partial charge in [0.1, 0.15) is 6.04 Å². The second kappa shape index (κ2) is 34.6. The van der Waals surface area contributed by atoms with E-state index in [0.717, 1.165) is 12.8 Å². The highest BCUT2D eigenvalue weighted by Crippen LogP contribution is 2.40. The van der Waals surface area contributed by atoms with Gasteiger partial charge in [0.05, 0.1) is 49.1 Å². The molecule has 0 unspecified atom stereocenters. The molecule has 15 N–H and O–H groups in total. The average Bonchev–Trinajstić information content (AvgIpc) is 3.74. The summed E-state index contributed by atoms with van der Waals surface area (Å²) in [6.07, 6.45) is 16.6. The topological polar surface area (TPSA) is 333 Å². The van der Waals surface area contributed by atoms with Gasteiger partial charge in [0.15, 0.2) is 0 Å². The van der Waals surface area contributed by atoms with E-state index in [1.54, 1.807) is 0 Å². The van der Waals surface area contributed by atoms with E-state index in [1.807, 2.05) is 60.7 Å². The number of aliphatic hydroxyl groups is 6. The highest BCUT2D eigenvalue weighted by Gasteiger charge is 2.41. The first-order valence-electron chi connectivity index (χ1n) is 24.5. The number of hydrogen-bond donors (Lipinski definition) is 11. The summed E-state index contributed by atoms with van der Waals surface area (Å²) < 4.78 is 0. The molecule has 2 aromatic rings. The van der Waals surface area contributed by atoms with Gasteiger partial charge in [-0.2, -0.15) is 0 Å². The van der Waals surface area contributed by atoms with Gasteiger partial charge < -0.3 is 61.3 Å². The molecule has 2 saturated carbocycles. The van der Waals surface area contributed by atoms with Crippen molar-refractivity contribution in [2.45, 2.75) is 171 Å². The van der Waals surface area contributed by atoms with Crippen LogP contribution in [0.25, 0.3) is 0 Å². The van der Waals surface area contributed by atoms with E-state index in [9.17, 15) is 55.2 Å². The molecule has 0 radical (unpaired) electrons. The molecule has 0 aromatic heterocycles. The number of carboxylic acids is 3. The quantitative estimate of drug-likeness (QED) is 0.0218. The van der Waals surface area contributed by atoms with Gasteiger partial charge in [0.2, 0.25) is 0 Å². The van der Waals surface area contributed by atoms with Gasteiger partial charge in [0, 0.05) is 18.8 Å². The van der Waals surface area contributed by atoms with Crippen LogP contribution in [0.3, 0.4) is 0 Å². The molecule has 68 heavy (non-hydrogen) atoms. The number of carbonyl (C=O) groups excluding carboxylic acids is 2. The van der Waals surface area contributed by atoms with Crippen LogP contribution < -0.4 is 32.4 Å². The lowest BCUT2D eigenvalue weighted by Crippen LogP contribution is -2.78. The minimum atomic E-state index is -1.13. The molecule has 16 nitrogen and oxygen atoms in total. The summed E-state index contributed by atoms with van der Waals surface area (Å²) in [5.41, 5.74) is 16.0. The van der Waals surface area contributed by atoms with Crippen molar-refractivity contribution in [1.82, 2.24) is 0 Å². The zero-order valence-electron chi connectivity index (χ0n) is 39.8. The van der Waals surface area contributed by atoms with E-state index in [2.05, 4.69) is 35.0 Å². The van der Waals surface area contributed by atoms with E-state index < -0.39 is 60.6 Å². The lowest BCUT2D eigenvalue weighted by atomic mass is 9.85. The third-order valence-electron chi connectivity index (χ3n) is 13.0. The molecule has 2 aromatic carbocycles. The van der Waals surface area contributed by atoms with Crippen LogP contribution in [0, 0.1) is 23.7 Å². The molecular formula is C52H82N4O12. The number of aryl methyl sites for hydroxylation is 2. The fourth-order valence-electron chi connectivity index (χ4n) is 9.00. The third kappa shape index (κ3) is 26.2. The molecule has 0 amide bonds. The Morgan fingerprint density at radius 2 is 1.06 bits per heavy atom. The van der Waals surface area contributed by atoms with Crippen LogP contribution in [-0.2, 0) is 27.2 Å². The second-order valence-electron chi connectivity index (χ2n) is 18.4. The molecule has 0 saturated heterocycles. The minimum Gasteiger partial charge on any atom is -0.550 e. The van der Waals surface area contributed by atoms with Crippen LogP contribution in [0.2, 0.25) is 0 Å². The number of carbonyl (C=O) groups is 3. The number of hydrogen-bond acceptors (Lipinski definition) is 11. The van der Waals surface area contributed by atoms with Gasteiger partial charge in [0.25, 0.3) is 0 Å². The number of aliphatic hydroxyl groups excluding tert-OH is 6. The van der Waals surface area contributed by atoms with Crippen LogP contribution in [0.4, 0.5) is 0 Å². The number of nitrogens with two attached hydrogens (primary N) is 2. The van der Waals surface area contributed by atoms with Crippen LogP contribution in [0.5, 0.6) is 0 Å². The van der Waals surface area contributed by atoms with Gasteiger partial charge in [-0.05, 0) is 150 Å². The summed E-state index contributed by atoms with van der Waals surface area (Å²) in [7, 11) is 0. The number of unbranched alkanes of at least 4 members (excludes halogenated alkanes) is 2.